The highest BCUT2D eigenvalue weighted by atomic mass is 127. The summed E-state index contributed by atoms with van der Waals surface area (Å²) in [6, 6.07) is 17.6. The Morgan fingerprint density at radius 2 is 1.68 bits per heavy atom. The fraction of sp³-hybridized carbons (Fsp3) is 0.348. The van der Waals surface area contributed by atoms with Crippen LogP contribution in [0.2, 0.25) is 0 Å². The number of fused-ring (bicyclic) bond motifs is 1. The van der Waals surface area contributed by atoms with Gasteiger partial charge in [0.1, 0.15) is 0 Å². The van der Waals surface area contributed by atoms with E-state index >= 15 is 0 Å². The molecule has 8 heteroatoms. The second kappa shape index (κ2) is 10.6. The summed E-state index contributed by atoms with van der Waals surface area (Å²) in [6.07, 6.45) is 1.03. The van der Waals surface area contributed by atoms with Crippen LogP contribution in [0.25, 0.3) is 0 Å². The number of hydrogen-bond acceptors (Lipinski definition) is 4. The number of nitrogens with one attached hydrogen (secondary N) is 2. The van der Waals surface area contributed by atoms with Crippen LogP contribution in [-0.2, 0) is 0 Å². The minimum Gasteiger partial charge on any atom is -0.369 e. The lowest BCUT2D eigenvalue weighted by molar-refractivity contribution is 0.0659. The van der Waals surface area contributed by atoms with Gasteiger partial charge in [-0.25, -0.2) is 0 Å². The molecule has 0 aromatic heterocycles. The second-order valence-electron chi connectivity index (χ2n) is 7.48. The Bertz CT molecular complexity index is 915. The topological polar surface area (TPSA) is 77.0 Å². The van der Waals surface area contributed by atoms with Gasteiger partial charge in [0, 0.05) is 37.9 Å². The van der Waals surface area contributed by atoms with Gasteiger partial charge in [0.25, 0.3) is 11.8 Å². The Kier molecular flexibility index (Phi) is 7.89. The number of amides is 2. The maximum absolute atomic E-state index is 12.5. The number of guanidine groups is 1. The number of benzene rings is 2. The summed E-state index contributed by atoms with van der Waals surface area (Å²) < 4.78 is 0. The highest BCUT2D eigenvalue weighted by molar-refractivity contribution is 14.0. The summed E-state index contributed by atoms with van der Waals surface area (Å²) in [5.41, 5.74) is 2.18. The Balaban J connectivity index is 0.00000272. The third-order valence-electron chi connectivity index (χ3n) is 5.47. The van der Waals surface area contributed by atoms with Gasteiger partial charge in [0.05, 0.1) is 17.7 Å². The summed E-state index contributed by atoms with van der Waals surface area (Å²) in [7, 11) is 0. The van der Waals surface area contributed by atoms with Crippen LogP contribution < -0.4 is 15.5 Å². The monoisotopic (exact) mass is 533 g/mol. The van der Waals surface area contributed by atoms with Crippen LogP contribution in [0, 0.1) is 0 Å². The molecule has 1 atom stereocenters. The van der Waals surface area contributed by atoms with Crippen molar-refractivity contribution in [3.8, 4) is 0 Å². The molecule has 0 aliphatic carbocycles. The number of rotatable bonds is 6. The molecule has 0 spiro atoms. The number of para-hydroxylation sites is 1. The van der Waals surface area contributed by atoms with Crippen molar-refractivity contribution in [1.82, 2.24) is 15.5 Å². The predicted octanol–water partition coefficient (Wildman–Crippen LogP) is 2.73. The molecule has 164 valence electrons. The zero-order valence-electron chi connectivity index (χ0n) is 17.6. The molecule has 1 unspecified atom stereocenters. The van der Waals surface area contributed by atoms with Gasteiger partial charge in [-0.2, -0.15) is 0 Å². The molecule has 1 saturated heterocycles. The van der Waals surface area contributed by atoms with Crippen molar-refractivity contribution in [3.63, 3.8) is 0 Å². The molecule has 1 fully saturated rings. The molecule has 2 aromatic rings. The summed E-state index contributed by atoms with van der Waals surface area (Å²) in [4.78, 5) is 33.2. The van der Waals surface area contributed by atoms with Crippen LogP contribution in [0.5, 0.6) is 0 Å². The Labute approximate surface area is 199 Å². The third-order valence-corrected chi connectivity index (χ3v) is 5.47. The molecule has 0 radical (unpaired) electrons. The first-order valence-electron chi connectivity index (χ1n) is 10.5. The van der Waals surface area contributed by atoms with Crippen molar-refractivity contribution in [1.29, 1.82) is 0 Å². The molecule has 2 aliphatic heterocycles. The van der Waals surface area contributed by atoms with Crippen molar-refractivity contribution in [2.45, 2.75) is 19.4 Å². The van der Waals surface area contributed by atoms with Crippen LogP contribution in [0.15, 0.2) is 59.6 Å². The number of anilines is 1. The fourth-order valence-electron chi connectivity index (χ4n) is 3.97. The van der Waals surface area contributed by atoms with Gasteiger partial charge < -0.3 is 15.5 Å². The van der Waals surface area contributed by atoms with Crippen LogP contribution in [0.4, 0.5) is 5.69 Å². The fourth-order valence-corrected chi connectivity index (χ4v) is 3.97. The van der Waals surface area contributed by atoms with Crippen molar-refractivity contribution >= 4 is 47.4 Å². The molecule has 2 amide bonds. The van der Waals surface area contributed by atoms with Gasteiger partial charge in [-0.05, 0) is 37.6 Å². The number of nitrogens with zero attached hydrogens (tertiary/aromatic N) is 3. The van der Waals surface area contributed by atoms with E-state index < -0.39 is 0 Å². The number of imide groups is 1. The SMILES string of the molecule is CCNC(=NCCN1C(=O)c2ccccc2C1=O)NC1CCN(c2ccccc2)C1.I. The number of aliphatic imine (C=N–C) groups is 1. The minimum absolute atomic E-state index is 0. The Morgan fingerprint density at radius 3 is 2.32 bits per heavy atom. The second-order valence-corrected chi connectivity index (χ2v) is 7.48. The van der Waals surface area contributed by atoms with E-state index in [4.69, 9.17) is 0 Å². The van der Waals surface area contributed by atoms with E-state index in [2.05, 4.69) is 44.8 Å². The largest absolute Gasteiger partial charge is 0.369 e. The normalized spacial score (nSPS) is 18.1. The zero-order valence-corrected chi connectivity index (χ0v) is 19.9. The molecular formula is C23H28IN5O2. The van der Waals surface area contributed by atoms with Crippen molar-refractivity contribution in [2.24, 2.45) is 4.99 Å². The van der Waals surface area contributed by atoms with E-state index in [1.165, 1.54) is 10.6 Å². The maximum atomic E-state index is 12.5. The van der Waals surface area contributed by atoms with Gasteiger partial charge in [0.2, 0.25) is 0 Å². The molecular weight excluding hydrogens is 505 g/mol. The smallest absolute Gasteiger partial charge is 0.261 e. The van der Waals surface area contributed by atoms with E-state index in [1.807, 2.05) is 13.0 Å². The zero-order chi connectivity index (χ0) is 20.9. The van der Waals surface area contributed by atoms with E-state index in [0.717, 1.165) is 26.1 Å². The maximum Gasteiger partial charge on any atom is 0.261 e. The minimum atomic E-state index is -0.238. The van der Waals surface area contributed by atoms with Crippen LogP contribution in [0.1, 0.15) is 34.1 Å². The van der Waals surface area contributed by atoms with Gasteiger partial charge >= 0.3 is 0 Å². The van der Waals surface area contributed by atoms with Crippen LogP contribution in [-0.4, -0.2) is 61.4 Å². The summed E-state index contributed by atoms with van der Waals surface area (Å²) >= 11 is 0. The summed E-state index contributed by atoms with van der Waals surface area (Å²) in [5, 5.41) is 6.75. The summed E-state index contributed by atoms with van der Waals surface area (Å²) in [5.74, 6) is 0.241. The average Bonchev–Trinajstić information content (AvgIpc) is 3.33. The molecule has 7 nitrogen and oxygen atoms in total. The van der Waals surface area contributed by atoms with Crippen LogP contribution in [0.3, 0.4) is 0 Å². The molecule has 2 aliphatic rings. The van der Waals surface area contributed by atoms with Crippen LogP contribution >= 0.6 is 24.0 Å². The Morgan fingerprint density at radius 1 is 1.03 bits per heavy atom. The molecule has 2 aromatic carbocycles. The van der Waals surface area contributed by atoms with E-state index in [9.17, 15) is 9.59 Å². The molecule has 2 heterocycles. The first-order chi connectivity index (χ1) is 14.7. The number of carbonyl (C=O) groups excluding carboxylic acids is 2. The molecule has 0 saturated carbocycles. The predicted molar refractivity (Wildman–Crippen MR) is 133 cm³/mol. The third kappa shape index (κ3) is 5.17. The van der Waals surface area contributed by atoms with Crippen molar-refractivity contribution < 1.29 is 9.59 Å². The summed E-state index contributed by atoms with van der Waals surface area (Å²) in [6.45, 7) is 5.29. The lowest BCUT2D eigenvalue weighted by Gasteiger charge is -2.20. The lowest BCUT2D eigenvalue weighted by Crippen LogP contribution is -2.45. The van der Waals surface area contributed by atoms with E-state index in [0.29, 0.717) is 29.7 Å². The van der Waals surface area contributed by atoms with E-state index in [1.54, 1.807) is 24.3 Å². The highest BCUT2D eigenvalue weighted by Crippen LogP contribution is 2.22. The standard InChI is InChI=1S/C23H27N5O2.HI/c1-2-24-23(26-17-12-14-27(16-17)18-8-4-3-5-9-18)25-13-15-28-21(29)19-10-6-7-11-20(19)22(28)30;/h3-11,17H,2,12-16H2,1H3,(H2,24,25,26);1H. The lowest BCUT2D eigenvalue weighted by atomic mass is 10.1. The Hall–Kier alpha value is -2.62. The highest BCUT2D eigenvalue weighted by Gasteiger charge is 2.34. The quantitative estimate of drug-likeness (QED) is 0.259. The first-order valence-corrected chi connectivity index (χ1v) is 10.5. The molecule has 0 bridgehead atoms. The molecule has 31 heavy (non-hydrogen) atoms. The van der Waals surface area contributed by atoms with Crippen molar-refractivity contribution in [2.75, 3.05) is 37.6 Å². The van der Waals surface area contributed by atoms with Gasteiger partial charge in [0.15, 0.2) is 5.96 Å². The molecule has 2 N–H and O–H groups in total. The van der Waals surface area contributed by atoms with Crippen molar-refractivity contribution in [3.05, 3.63) is 65.7 Å². The average molecular weight is 533 g/mol. The number of halogens is 1. The van der Waals surface area contributed by atoms with Gasteiger partial charge in [-0.3, -0.25) is 19.5 Å². The number of carbonyl (C=O) groups is 2. The van der Waals surface area contributed by atoms with Gasteiger partial charge in [-0.15, -0.1) is 24.0 Å². The van der Waals surface area contributed by atoms with Gasteiger partial charge in [-0.1, -0.05) is 30.3 Å². The first kappa shape index (κ1) is 23.1. The van der Waals surface area contributed by atoms with E-state index in [-0.39, 0.29) is 42.3 Å². The number of hydrogen-bond donors (Lipinski definition) is 2. The molecule has 4 rings (SSSR count).